The summed E-state index contributed by atoms with van der Waals surface area (Å²) in [6.45, 7) is 4.78. The molecule has 28 heavy (non-hydrogen) atoms. The minimum Gasteiger partial charge on any atom is -0.493 e. The maximum absolute atomic E-state index is 12.3. The van der Waals surface area contributed by atoms with Crippen LogP contribution in [0.25, 0.3) is 11.4 Å². The highest BCUT2D eigenvalue weighted by molar-refractivity contribution is 5.76. The fraction of sp³-hybridized carbons (Fsp3) is 0.524. The van der Waals surface area contributed by atoms with Crippen molar-refractivity contribution in [1.29, 1.82) is 0 Å². The smallest absolute Gasteiger partial charge is 0.273 e. The van der Waals surface area contributed by atoms with Gasteiger partial charge in [-0.15, -0.1) is 10.2 Å². The van der Waals surface area contributed by atoms with E-state index in [2.05, 4.69) is 34.3 Å². The summed E-state index contributed by atoms with van der Waals surface area (Å²) in [6, 6.07) is 7.68. The van der Waals surface area contributed by atoms with Crippen LogP contribution in [0, 0.1) is 5.92 Å². The first-order chi connectivity index (χ1) is 13.5. The van der Waals surface area contributed by atoms with Gasteiger partial charge in [0.1, 0.15) is 11.4 Å². The average Bonchev–Trinajstić information content (AvgIpc) is 3.18. The molecule has 0 radical (unpaired) electrons. The molecule has 0 spiro atoms. The maximum atomic E-state index is 12.3. The first kappa shape index (κ1) is 20.0. The number of ether oxygens (including phenoxy) is 1. The van der Waals surface area contributed by atoms with Crippen molar-refractivity contribution in [3.05, 3.63) is 40.3 Å². The van der Waals surface area contributed by atoms with E-state index >= 15 is 0 Å². The molecule has 7 nitrogen and oxygen atoms in total. The Hall–Kier alpha value is -2.70. The van der Waals surface area contributed by atoms with Crippen LogP contribution in [0.15, 0.2) is 29.1 Å². The molecule has 3 rings (SSSR count). The summed E-state index contributed by atoms with van der Waals surface area (Å²) in [7, 11) is 0. The topological polar surface area (TPSA) is 97.0 Å². The fourth-order valence-electron chi connectivity index (χ4n) is 3.25. The van der Waals surface area contributed by atoms with E-state index < -0.39 is 0 Å². The van der Waals surface area contributed by atoms with Gasteiger partial charge in [-0.2, -0.15) is 0 Å². The van der Waals surface area contributed by atoms with Gasteiger partial charge in [-0.25, -0.2) is 0 Å². The normalized spacial score (nSPS) is 14.4. The second-order valence-corrected chi connectivity index (χ2v) is 7.73. The van der Waals surface area contributed by atoms with Crippen LogP contribution in [0.1, 0.15) is 51.6 Å². The van der Waals surface area contributed by atoms with Crippen molar-refractivity contribution in [1.82, 2.24) is 20.5 Å². The molecule has 1 aliphatic carbocycles. The molecule has 1 heterocycles. The standard InChI is InChI=1S/C21H28N4O3/c1-14(2)13-28-17-9-5-6-15(12-17)20-23-21(27)18(24-25-20)10-11-19(26)22-16-7-3-4-8-16/h5-6,9,12,14,16H,3-4,7-8,10-11,13H2,1-2H3,(H,22,26)(H,23,25,27). The molecule has 1 aromatic carbocycles. The molecular weight excluding hydrogens is 356 g/mol. The van der Waals surface area contributed by atoms with Crippen LogP contribution in [0.2, 0.25) is 0 Å². The molecule has 1 fully saturated rings. The van der Waals surface area contributed by atoms with E-state index in [1.807, 2.05) is 24.3 Å². The largest absolute Gasteiger partial charge is 0.493 e. The number of nitrogens with one attached hydrogen (secondary N) is 2. The van der Waals surface area contributed by atoms with E-state index in [4.69, 9.17) is 4.74 Å². The molecule has 7 heteroatoms. The summed E-state index contributed by atoms with van der Waals surface area (Å²) in [5, 5.41) is 11.2. The van der Waals surface area contributed by atoms with E-state index in [9.17, 15) is 9.59 Å². The van der Waals surface area contributed by atoms with Gasteiger partial charge in [0.05, 0.1) is 6.61 Å². The minimum absolute atomic E-state index is 0.0350. The fourth-order valence-corrected chi connectivity index (χ4v) is 3.25. The summed E-state index contributed by atoms with van der Waals surface area (Å²) >= 11 is 0. The SMILES string of the molecule is CC(C)COc1cccc(-c2nnc(CCC(=O)NC3CCCC3)c(=O)[nH]2)c1. The van der Waals surface area contributed by atoms with Gasteiger partial charge in [-0.05, 0) is 30.9 Å². The summed E-state index contributed by atoms with van der Waals surface area (Å²) in [6.07, 6.45) is 4.94. The second-order valence-electron chi connectivity index (χ2n) is 7.73. The van der Waals surface area contributed by atoms with Crippen molar-refractivity contribution in [2.75, 3.05) is 6.61 Å². The third-order valence-corrected chi connectivity index (χ3v) is 4.76. The zero-order valence-corrected chi connectivity index (χ0v) is 16.5. The molecule has 0 aliphatic heterocycles. The molecule has 0 atom stereocenters. The Balaban J connectivity index is 1.61. The summed E-state index contributed by atoms with van der Waals surface area (Å²) in [5.74, 6) is 1.50. The number of aromatic amines is 1. The minimum atomic E-state index is -0.313. The van der Waals surface area contributed by atoms with E-state index in [1.165, 1.54) is 12.8 Å². The lowest BCUT2D eigenvalue weighted by Crippen LogP contribution is -2.33. The van der Waals surface area contributed by atoms with Crippen molar-refractivity contribution in [3.8, 4) is 17.1 Å². The van der Waals surface area contributed by atoms with Crippen LogP contribution in [-0.4, -0.2) is 33.7 Å². The molecule has 150 valence electrons. The molecule has 1 aliphatic rings. The van der Waals surface area contributed by atoms with Crippen molar-refractivity contribution in [2.45, 2.75) is 58.4 Å². The number of carbonyl (C=O) groups is 1. The lowest BCUT2D eigenvalue weighted by molar-refractivity contribution is -0.121. The zero-order valence-electron chi connectivity index (χ0n) is 16.5. The van der Waals surface area contributed by atoms with Crippen molar-refractivity contribution >= 4 is 5.91 Å². The first-order valence-corrected chi connectivity index (χ1v) is 9.99. The number of benzene rings is 1. The number of H-pyrrole nitrogens is 1. The number of aryl methyl sites for hydroxylation is 1. The van der Waals surface area contributed by atoms with E-state index in [-0.39, 0.29) is 36.0 Å². The highest BCUT2D eigenvalue weighted by atomic mass is 16.5. The third kappa shape index (κ3) is 5.65. The van der Waals surface area contributed by atoms with Gasteiger partial charge in [0, 0.05) is 24.4 Å². The Labute approximate surface area is 164 Å². The van der Waals surface area contributed by atoms with Crippen LogP contribution in [0.5, 0.6) is 5.75 Å². The molecule has 0 saturated heterocycles. The lowest BCUT2D eigenvalue weighted by atomic mass is 10.2. The van der Waals surface area contributed by atoms with Gasteiger partial charge in [-0.1, -0.05) is 38.8 Å². The Morgan fingerprint density at radius 3 is 2.79 bits per heavy atom. The highest BCUT2D eigenvalue weighted by Gasteiger charge is 2.17. The monoisotopic (exact) mass is 384 g/mol. The molecule has 1 aromatic heterocycles. The number of hydrogen-bond acceptors (Lipinski definition) is 5. The molecule has 2 N–H and O–H groups in total. The van der Waals surface area contributed by atoms with E-state index in [0.29, 0.717) is 18.3 Å². The number of rotatable bonds is 8. The van der Waals surface area contributed by atoms with Crippen LogP contribution in [0.4, 0.5) is 0 Å². The maximum Gasteiger partial charge on any atom is 0.273 e. The summed E-state index contributed by atoms with van der Waals surface area (Å²) in [4.78, 5) is 27.1. The molecule has 1 amide bonds. The molecular formula is C21H28N4O3. The average molecular weight is 384 g/mol. The Morgan fingerprint density at radius 1 is 1.29 bits per heavy atom. The van der Waals surface area contributed by atoms with Gasteiger partial charge < -0.3 is 15.0 Å². The van der Waals surface area contributed by atoms with Crippen LogP contribution >= 0.6 is 0 Å². The second kappa shape index (κ2) is 9.48. The Kier molecular flexibility index (Phi) is 6.79. The van der Waals surface area contributed by atoms with Crippen LogP contribution in [0.3, 0.4) is 0 Å². The van der Waals surface area contributed by atoms with E-state index in [0.717, 1.165) is 24.2 Å². The number of nitrogens with zero attached hydrogens (tertiary/aromatic N) is 2. The van der Waals surface area contributed by atoms with E-state index in [1.54, 1.807) is 0 Å². The van der Waals surface area contributed by atoms with Gasteiger partial charge in [0.15, 0.2) is 5.82 Å². The number of hydrogen-bond donors (Lipinski definition) is 2. The van der Waals surface area contributed by atoms with Gasteiger partial charge in [0.2, 0.25) is 5.91 Å². The van der Waals surface area contributed by atoms with Crippen LogP contribution < -0.4 is 15.6 Å². The quantitative estimate of drug-likeness (QED) is 0.729. The number of amides is 1. The highest BCUT2D eigenvalue weighted by Crippen LogP contribution is 2.20. The van der Waals surface area contributed by atoms with Gasteiger partial charge in [-0.3, -0.25) is 9.59 Å². The predicted octanol–water partition coefficient (Wildman–Crippen LogP) is 2.86. The van der Waals surface area contributed by atoms with Gasteiger partial charge >= 0.3 is 0 Å². The first-order valence-electron chi connectivity index (χ1n) is 9.99. The zero-order chi connectivity index (χ0) is 19.9. The number of aromatic nitrogens is 3. The van der Waals surface area contributed by atoms with Crippen molar-refractivity contribution in [2.24, 2.45) is 5.92 Å². The third-order valence-electron chi connectivity index (χ3n) is 4.76. The van der Waals surface area contributed by atoms with Crippen molar-refractivity contribution in [3.63, 3.8) is 0 Å². The van der Waals surface area contributed by atoms with Crippen molar-refractivity contribution < 1.29 is 9.53 Å². The van der Waals surface area contributed by atoms with Gasteiger partial charge in [0.25, 0.3) is 5.56 Å². The Bertz CT molecular complexity index is 857. The summed E-state index contributed by atoms with van der Waals surface area (Å²) < 4.78 is 5.72. The molecule has 0 bridgehead atoms. The van der Waals surface area contributed by atoms with Crippen LogP contribution in [-0.2, 0) is 11.2 Å². The molecule has 0 unspecified atom stereocenters. The predicted molar refractivity (Wildman–Crippen MR) is 107 cm³/mol. The lowest BCUT2D eigenvalue weighted by Gasteiger charge is -2.11. The summed E-state index contributed by atoms with van der Waals surface area (Å²) in [5.41, 5.74) is 0.695. The Morgan fingerprint density at radius 2 is 2.07 bits per heavy atom. The molecule has 2 aromatic rings. The number of carbonyl (C=O) groups excluding carboxylic acids is 1. The molecule has 1 saturated carbocycles.